The van der Waals surface area contributed by atoms with E-state index in [1.165, 1.54) is 12.1 Å². The quantitative estimate of drug-likeness (QED) is 0.684. The summed E-state index contributed by atoms with van der Waals surface area (Å²) in [5.41, 5.74) is 0.451. The summed E-state index contributed by atoms with van der Waals surface area (Å²) in [5, 5.41) is 0.319. The summed E-state index contributed by atoms with van der Waals surface area (Å²) >= 11 is 11.6. The fourth-order valence-electron chi connectivity index (χ4n) is 1.74. The molecule has 3 aromatic rings. The molecule has 0 aliphatic carbocycles. The van der Waals surface area contributed by atoms with Crippen molar-refractivity contribution in [1.29, 1.82) is 0 Å². The molecule has 0 aliphatic heterocycles. The average Bonchev–Trinajstić information content (AvgIpc) is 2.72. The van der Waals surface area contributed by atoms with Gasteiger partial charge in [-0.1, -0.05) is 29.3 Å². The maximum atomic E-state index is 13.7. The molecule has 0 unspecified atom stereocenters. The number of H-pyrrole nitrogens is 1. The van der Waals surface area contributed by atoms with Gasteiger partial charge in [-0.05, 0) is 18.2 Å². The Balaban J connectivity index is 2.26. The summed E-state index contributed by atoms with van der Waals surface area (Å²) < 4.78 is 27.3. The Morgan fingerprint density at radius 3 is 2.42 bits per heavy atom. The standard InChI is InChI=1S/C12H5Cl2F2N3/c13-5-4-8-11(18-10(5)14)19-12(17-8)9-6(15)2-1-3-7(9)16/h1-4H,(H,17,18,19). The van der Waals surface area contributed by atoms with Crippen molar-refractivity contribution in [2.24, 2.45) is 0 Å². The predicted molar refractivity (Wildman–Crippen MR) is 69.3 cm³/mol. The highest BCUT2D eigenvalue weighted by Gasteiger charge is 2.16. The molecule has 19 heavy (non-hydrogen) atoms. The first kappa shape index (κ1) is 12.3. The third kappa shape index (κ3) is 2.05. The Morgan fingerprint density at radius 2 is 1.74 bits per heavy atom. The van der Waals surface area contributed by atoms with Crippen molar-refractivity contribution in [1.82, 2.24) is 15.0 Å². The van der Waals surface area contributed by atoms with Crippen LogP contribution in [0.25, 0.3) is 22.6 Å². The van der Waals surface area contributed by atoms with Gasteiger partial charge in [-0.25, -0.2) is 18.7 Å². The Hall–Kier alpha value is -1.72. The fourth-order valence-corrected chi connectivity index (χ4v) is 2.02. The zero-order valence-electron chi connectivity index (χ0n) is 9.22. The van der Waals surface area contributed by atoms with Gasteiger partial charge in [0, 0.05) is 0 Å². The first-order chi connectivity index (χ1) is 9.06. The van der Waals surface area contributed by atoms with Gasteiger partial charge in [0.05, 0.1) is 16.1 Å². The van der Waals surface area contributed by atoms with Gasteiger partial charge in [-0.3, -0.25) is 0 Å². The minimum atomic E-state index is -0.712. The molecule has 0 amide bonds. The Kier molecular flexibility index (Phi) is 2.88. The normalized spacial score (nSPS) is 11.2. The minimum absolute atomic E-state index is 0.0384. The molecule has 2 heterocycles. The lowest BCUT2D eigenvalue weighted by molar-refractivity contribution is 0.588. The average molecular weight is 300 g/mol. The molecule has 0 bridgehead atoms. The van der Waals surface area contributed by atoms with Crippen LogP contribution >= 0.6 is 23.2 Å². The SMILES string of the molecule is Fc1cccc(F)c1-c1nc2nc(Cl)c(Cl)cc2[nH]1. The van der Waals surface area contributed by atoms with Gasteiger partial charge in [0.2, 0.25) is 0 Å². The van der Waals surface area contributed by atoms with Crippen molar-refractivity contribution in [2.75, 3.05) is 0 Å². The highest BCUT2D eigenvalue weighted by Crippen LogP contribution is 2.28. The van der Waals surface area contributed by atoms with Crippen LogP contribution in [0.5, 0.6) is 0 Å². The Labute approximate surface area is 116 Å². The van der Waals surface area contributed by atoms with E-state index in [-0.39, 0.29) is 27.2 Å². The monoisotopic (exact) mass is 299 g/mol. The summed E-state index contributed by atoms with van der Waals surface area (Å²) in [6.45, 7) is 0. The molecule has 3 nitrogen and oxygen atoms in total. The molecule has 3 rings (SSSR count). The second kappa shape index (κ2) is 4.43. The van der Waals surface area contributed by atoms with Crippen LogP contribution in [0.1, 0.15) is 0 Å². The van der Waals surface area contributed by atoms with Gasteiger partial charge in [-0.15, -0.1) is 0 Å². The van der Waals surface area contributed by atoms with E-state index in [1.54, 1.807) is 0 Å². The third-order valence-corrected chi connectivity index (χ3v) is 3.26. The van der Waals surface area contributed by atoms with Gasteiger partial charge < -0.3 is 4.98 Å². The lowest BCUT2D eigenvalue weighted by Crippen LogP contribution is -1.91. The molecule has 0 saturated heterocycles. The lowest BCUT2D eigenvalue weighted by Gasteiger charge is -1.99. The van der Waals surface area contributed by atoms with Gasteiger partial charge in [-0.2, -0.15) is 0 Å². The number of benzene rings is 1. The number of nitrogens with zero attached hydrogens (tertiary/aromatic N) is 2. The summed E-state index contributed by atoms with van der Waals surface area (Å²) in [7, 11) is 0. The second-order valence-electron chi connectivity index (χ2n) is 3.81. The number of rotatable bonds is 1. The molecule has 7 heteroatoms. The van der Waals surface area contributed by atoms with E-state index in [4.69, 9.17) is 23.2 Å². The van der Waals surface area contributed by atoms with Crippen LogP contribution in [0, 0.1) is 11.6 Å². The van der Waals surface area contributed by atoms with Crippen molar-refractivity contribution in [3.8, 4) is 11.4 Å². The molecule has 1 N–H and O–H groups in total. The zero-order valence-corrected chi connectivity index (χ0v) is 10.7. The topological polar surface area (TPSA) is 41.6 Å². The van der Waals surface area contributed by atoms with Gasteiger partial charge in [0.25, 0.3) is 0 Å². The predicted octanol–water partition coefficient (Wildman–Crippen LogP) is 4.21. The molecule has 96 valence electrons. The number of fused-ring (bicyclic) bond motifs is 1. The highest BCUT2D eigenvalue weighted by molar-refractivity contribution is 6.41. The van der Waals surface area contributed by atoms with Gasteiger partial charge in [0.15, 0.2) is 5.65 Å². The lowest BCUT2D eigenvalue weighted by atomic mass is 10.2. The van der Waals surface area contributed by atoms with E-state index >= 15 is 0 Å². The number of nitrogens with one attached hydrogen (secondary N) is 1. The van der Waals surface area contributed by atoms with Crippen LogP contribution in [0.2, 0.25) is 10.2 Å². The van der Waals surface area contributed by atoms with E-state index in [2.05, 4.69) is 15.0 Å². The molecule has 0 atom stereocenters. The fraction of sp³-hybridized carbons (Fsp3) is 0. The second-order valence-corrected chi connectivity index (χ2v) is 4.58. The van der Waals surface area contributed by atoms with E-state index in [9.17, 15) is 8.78 Å². The first-order valence-electron chi connectivity index (χ1n) is 5.22. The first-order valence-corrected chi connectivity index (χ1v) is 5.98. The van der Waals surface area contributed by atoms with Crippen LogP contribution in [-0.2, 0) is 0 Å². The van der Waals surface area contributed by atoms with Crippen molar-refractivity contribution >= 4 is 34.4 Å². The zero-order chi connectivity index (χ0) is 13.6. The van der Waals surface area contributed by atoms with Crippen molar-refractivity contribution in [2.45, 2.75) is 0 Å². The van der Waals surface area contributed by atoms with Crippen LogP contribution in [-0.4, -0.2) is 15.0 Å². The van der Waals surface area contributed by atoms with Crippen LogP contribution in [0.3, 0.4) is 0 Å². The molecule has 0 saturated carbocycles. The number of pyridine rings is 1. The molecule has 0 radical (unpaired) electrons. The van der Waals surface area contributed by atoms with Crippen LogP contribution < -0.4 is 0 Å². The molecular formula is C12H5Cl2F2N3. The molecule has 0 spiro atoms. The summed E-state index contributed by atoms with van der Waals surface area (Å²) in [6, 6.07) is 5.09. The minimum Gasteiger partial charge on any atom is -0.336 e. The number of imidazole rings is 1. The smallest absolute Gasteiger partial charge is 0.179 e. The van der Waals surface area contributed by atoms with Crippen molar-refractivity contribution in [3.05, 3.63) is 46.1 Å². The third-order valence-electron chi connectivity index (χ3n) is 2.58. The summed E-state index contributed by atoms with van der Waals surface area (Å²) in [6.07, 6.45) is 0. The summed E-state index contributed by atoms with van der Waals surface area (Å²) in [5.74, 6) is -1.39. The number of aromatic nitrogens is 3. The van der Waals surface area contributed by atoms with Gasteiger partial charge >= 0.3 is 0 Å². The maximum Gasteiger partial charge on any atom is 0.179 e. The van der Waals surface area contributed by atoms with E-state index in [1.807, 2.05) is 0 Å². The number of halogens is 4. The molecule has 0 aliphatic rings. The van der Waals surface area contributed by atoms with Crippen molar-refractivity contribution in [3.63, 3.8) is 0 Å². The Bertz CT molecular complexity index is 727. The van der Waals surface area contributed by atoms with Crippen molar-refractivity contribution < 1.29 is 8.78 Å². The molecule has 0 fully saturated rings. The molecule has 1 aromatic carbocycles. The number of hydrogen-bond donors (Lipinski definition) is 1. The molecular weight excluding hydrogens is 295 g/mol. The number of hydrogen-bond acceptors (Lipinski definition) is 2. The summed E-state index contributed by atoms with van der Waals surface area (Å²) in [4.78, 5) is 10.7. The number of aromatic amines is 1. The Morgan fingerprint density at radius 1 is 1.05 bits per heavy atom. The van der Waals surface area contributed by atoms with Gasteiger partial charge in [0.1, 0.15) is 22.6 Å². The van der Waals surface area contributed by atoms with E-state index in [0.29, 0.717) is 5.52 Å². The van der Waals surface area contributed by atoms with Crippen LogP contribution in [0.15, 0.2) is 24.3 Å². The van der Waals surface area contributed by atoms with E-state index < -0.39 is 11.6 Å². The maximum absolute atomic E-state index is 13.7. The highest BCUT2D eigenvalue weighted by atomic mass is 35.5. The van der Waals surface area contributed by atoms with Crippen LogP contribution in [0.4, 0.5) is 8.78 Å². The largest absolute Gasteiger partial charge is 0.336 e. The molecule has 2 aromatic heterocycles. The van der Waals surface area contributed by atoms with E-state index in [0.717, 1.165) is 12.1 Å².